The zero-order valence-corrected chi connectivity index (χ0v) is 15.7. The molecule has 0 saturated carbocycles. The maximum Gasteiger partial charge on any atom is 0.317 e. The van der Waals surface area contributed by atoms with Crippen LogP contribution in [0.15, 0.2) is 30.3 Å². The van der Waals surface area contributed by atoms with Crippen molar-refractivity contribution in [2.24, 2.45) is 11.8 Å². The number of nitrogens with zero attached hydrogens (tertiary/aromatic N) is 1. The van der Waals surface area contributed by atoms with Gasteiger partial charge in [0.2, 0.25) is 0 Å². The minimum atomic E-state index is -0.825. The summed E-state index contributed by atoms with van der Waals surface area (Å²) in [6, 6.07) is 9.65. The van der Waals surface area contributed by atoms with E-state index in [1.807, 2.05) is 37.3 Å². The third kappa shape index (κ3) is 6.02. The number of unbranched alkanes of at least 4 members (excludes halogenated alkanes) is 1. The molecule has 0 aromatic heterocycles. The molecule has 2 N–H and O–H groups in total. The molecule has 0 aliphatic carbocycles. The highest BCUT2D eigenvalue weighted by molar-refractivity contribution is 5.77. The molecule has 1 fully saturated rings. The van der Waals surface area contributed by atoms with E-state index in [9.17, 15) is 14.7 Å². The second kappa shape index (κ2) is 10.2. The van der Waals surface area contributed by atoms with E-state index in [2.05, 4.69) is 5.32 Å². The summed E-state index contributed by atoms with van der Waals surface area (Å²) in [5.74, 6) is -1.12. The Kier molecular flexibility index (Phi) is 7.91. The standard InChI is InChI=1S/C20H30N2O4/c1-15-12-17(19(23)24)14-22(13-15)20(25)21-18(10-6-7-11-26-2)16-8-4-3-5-9-16/h3-5,8-9,15,17-18H,6-7,10-14H2,1-2H3,(H,21,25)(H,23,24). The summed E-state index contributed by atoms with van der Waals surface area (Å²) in [6.45, 7) is 3.58. The van der Waals surface area contributed by atoms with Gasteiger partial charge in [-0.25, -0.2) is 4.79 Å². The third-order valence-corrected chi connectivity index (χ3v) is 4.89. The van der Waals surface area contributed by atoms with Gasteiger partial charge < -0.3 is 20.1 Å². The van der Waals surface area contributed by atoms with Gasteiger partial charge in [-0.2, -0.15) is 0 Å². The number of methoxy groups -OCH3 is 1. The van der Waals surface area contributed by atoms with Crippen LogP contribution < -0.4 is 5.32 Å². The predicted molar refractivity (Wildman–Crippen MR) is 99.9 cm³/mol. The Labute approximate surface area is 155 Å². The van der Waals surface area contributed by atoms with E-state index in [4.69, 9.17) is 4.74 Å². The quantitative estimate of drug-likeness (QED) is 0.696. The summed E-state index contributed by atoms with van der Waals surface area (Å²) in [6.07, 6.45) is 3.34. The number of benzene rings is 1. The molecule has 1 aliphatic rings. The van der Waals surface area contributed by atoms with E-state index in [1.54, 1.807) is 12.0 Å². The molecule has 1 aromatic carbocycles. The Morgan fingerprint density at radius 2 is 2.00 bits per heavy atom. The van der Waals surface area contributed by atoms with Crippen molar-refractivity contribution in [1.82, 2.24) is 10.2 Å². The van der Waals surface area contributed by atoms with E-state index in [0.29, 0.717) is 19.6 Å². The molecule has 0 spiro atoms. The van der Waals surface area contributed by atoms with Gasteiger partial charge in [0.15, 0.2) is 0 Å². The van der Waals surface area contributed by atoms with Crippen molar-refractivity contribution in [3.8, 4) is 0 Å². The van der Waals surface area contributed by atoms with Crippen molar-refractivity contribution < 1.29 is 19.4 Å². The van der Waals surface area contributed by atoms with E-state index in [-0.39, 0.29) is 24.5 Å². The predicted octanol–water partition coefficient (Wildman–Crippen LogP) is 3.30. The Hall–Kier alpha value is -2.08. The van der Waals surface area contributed by atoms with Gasteiger partial charge in [-0.3, -0.25) is 4.79 Å². The number of amides is 2. The number of carbonyl (C=O) groups is 2. The van der Waals surface area contributed by atoms with Gasteiger partial charge in [-0.15, -0.1) is 0 Å². The average Bonchev–Trinajstić information content (AvgIpc) is 2.64. The molecule has 1 aromatic rings. The van der Waals surface area contributed by atoms with Crippen LogP contribution in [0.4, 0.5) is 4.79 Å². The highest BCUT2D eigenvalue weighted by atomic mass is 16.5. The summed E-state index contributed by atoms with van der Waals surface area (Å²) in [7, 11) is 1.69. The van der Waals surface area contributed by atoms with Crippen LogP contribution >= 0.6 is 0 Å². The second-order valence-electron chi connectivity index (χ2n) is 7.18. The highest BCUT2D eigenvalue weighted by Crippen LogP contribution is 2.24. The van der Waals surface area contributed by atoms with Gasteiger partial charge in [-0.1, -0.05) is 37.3 Å². The van der Waals surface area contributed by atoms with Crippen LogP contribution in [0.25, 0.3) is 0 Å². The van der Waals surface area contributed by atoms with Gasteiger partial charge in [0.05, 0.1) is 12.0 Å². The Balaban J connectivity index is 2.01. The molecule has 3 atom stereocenters. The fourth-order valence-electron chi connectivity index (χ4n) is 3.54. The zero-order valence-electron chi connectivity index (χ0n) is 15.7. The normalized spacial score (nSPS) is 21.2. The monoisotopic (exact) mass is 362 g/mol. The number of carboxylic acids is 1. The van der Waals surface area contributed by atoms with Crippen molar-refractivity contribution in [3.05, 3.63) is 35.9 Å². The van der Waals surface area contributed by atoms with E-state index < -0.39 is 11.9 Å². The van der Waals surface area contributed by atoms with E-state index in [0.717, 1.165) is 24.8 Å². The number of rotatable bonds is 8. The van der Waals surface area contributed by atoms with Crippen LogP contribution in [0.5, 0.6) is 0 Å². The highest BCUT2D eigenvalue weighted by Gasteiger charge is 2.32. The fraction of sp³-hybridized carbons (Fsp3) is 0.600. The van der Waals surface area contributed by atoms with Gasteiger partial charge in [0, 0.05) is 26.8 Å². The van der Waals surface area contributed by atoms with Gasteiger partial charge in [0.1, 0.15) is 0 Å². The van der Waals surface area contributed by atoms with Crippen LogP contribution in [0.3, 0.4) is 0 Å². The first-order chi connectivity index (χ1) is 12.5. The Morgan fingerprint density at radius 1 is 1.27 bits per heavy atom. The Morgan fingerprint density at radius 3 is 2.65 bits per heavy atom. The summed E-state index contributed by atoms with van der Waals surface area (Å²) < 4.78 is 5.10. The van der Waals surface area contributed by atoms with Crippen molar-refractivity contribution in [1.29, 1.82) is 0 Å². The largest absolute Gasteiger partial charge is 0.481 e. The lowest BCUT2D eigenvalue weighted by Crippen LogP contribution is -2.50. The topological polar surface area (TPSA) is 78.9 Å². The molecule has 1 saturated heterocycles. The van der Waals surface area contributed by atoms with Crippen LogP contribution in [0, 0.1) is 11.8 Å². The van der Waals surface area contributed by atoms with Crippen molar-refractivity contribution >= 4 is 12.0 Å². The SMILES string of the molecule is COCCCCC(NC(=O)N1CC(C)CC(C(=O)O)C1)c1ccccc1. The first kappa shape index (κ1) is 20.2. The number of hydrogen-bond acceptors (Lipinski definition) is 3. The van der Waals surface area contributed by atoms with Crippen LogP contribution in [0.2, 0.25) is 0 Å². The van der Waals surface area contributed by atoms with E-state index >= 15 is 0 Å². The lowest BCUT2D eigenvalue weighted by molar-refractivity contribution is -0.143. The van der Waals surface area contributed by atoms with Crippen molar-refractivity contribution in [3.63, 3.8) is 0 Å². The molecule has 3 unspecified atom stereocenters. The number of piperidine rings is 1. The smallest absolute Gasteiger partial charge is 0.317 e. The number of hydrogen-bond donors (Lipinski definition) is 2. The molecule has 0 bridgehead atoms. The number of aliphatic carboxylic acids is 1. The molecule has 2 amide bonds. The molecule has 144 valence electrons. The molecule has 6 nitrogen and oxygen atoms in total. The molecular formula is C20H30N2O4. The molecule has 1 heterocycles. The minimum Gasteiger partial charge on any atom is -0.481 e. The summed E-state index contributed by atoms with van der Waals surface area (Å²) in [4.78, 5) is 25.8. The summed E-state index contributed by atoms with van der Waals surface area (Å²) >= 11 is 0. The number of likely N-dealkylation sites (tertiary alicyclic amines) is 1. The molecule has 0 radical (unpaired) electrons. The number of carbonyl (C=O) groups excluding carboxylic acids is 1. The fourth-order valence-corrected chi connectivity index (χ4v) is 3.54. The number of urea groups is 1. The second-order valence-corrected chi connectivity index (χ2v) is 7.18. The maximum atomic E-state index is 12.8. The average molecular weight is 362 g/mol. The zero-order chi connectivity index (χ0) is 18.9. The number of carboxylic acid groups (broad SMARTS) is 1. The van der Waals surface area contributed by atoms with Crippen LogP contribution in [0.1, 0.15) is 44.2 Å². The van der Waals surface area contributed by atoms with Gasteiger partial charge in [0.25, 0.3) is 0 Å². The maximum absolute atomic E-state index is 12.8. The minimum absolute atomic E-state index is 0.0823. The van der Waals surface area contributed by atoms with E-state index in [1.165, 1.54) is 0 Å². The Bertz CT molecular complexity index is 578. The van der Waals surface area contributed by atoms with Gasteiger partial charge in [-0.05, 0) is 37.2 Å². The lowest BCUT2D eigenvalue weighted by Gasteiger charge is -2.35. The van der Waals surface area contributed by atoms with Crippen molar-refractivity contribution in [2.75, 3.05) is 26.8 Å². The molecule has 2 rings (SSSR count). The third-order valence-electron chi connectivity index (χ3n) is 4.89. The van der Waals surface area contributed by atoms with Crippen LogP contribution in [-0.4, -0.2) is 48.8 Å². The number of ether oxygens (including phenoxy) is 1. The van der Waals surface area contributed by atoms with Crippen LogP contribution in [-0.2, 0) is 9.53 Å². The molecule has 26 heavy (non-hydrogen) atoms. The first-order valence-electron chi connectivity index (χ1n) is 9.33. The lowest BCUT2D eigenvalue weighted by atomic mass is 9.90. The van der Waals surface area contributed by atoms with Crippen molar-refractivity contribution in [2.45, 2.75) is 38.6 Å². The summed E-state index contributed by atoms with van der Waals surface area (Å²) in [5.41, 5.74) is 1.07. The first-order valence-corrected chi connectivity index (χ1v) is 9.33. The molecular weight excluding hydrogens is 332 g/mol. The van der Waals surface area contributed by atoms with Gasteiger partial charge >= 0.3 is 12.0 Å². The summed E-state index contributed by atoms with van der Waals surface area (Å²) in [5, 5.41) is 12.4. The molecule has 1 aliphatic heterocycles. The molecule has 6 heteroatoms. The number of nitrogens with one attached hydrogen (secondary N) is 1.